The number of methoxy groups -OCH3 is 1. The molecule has 2 amide bonds. The number of anilines is 1. The summed E-state index contributed by atoms with van der Waals surface area (Å²) in [6.45, 7) is 3.48. The van der Waals surface area contributed by atoms with Crippen LogP contribution in [0.1, 0.15) is 32.6 Å². The molecule has 1 saturated heterocycles. The smallest absolute Gasteiger partial charge is 0.307 e. The van der Waals surface area contributed by atoms with Crippen molar-refractivity contribution in [2.24, 2.45) is 11.8 Å². The molecule has 7 heteroatoms. The Kier molecular flexibility index (Phi) is 6.54. The Morgan fingerprint density at radius 2 is 1.93 bits per heavy atom. The first-order valence-electron chi connectivity index (χ1n) is 9.90. The minimum atomic E-state index is -0.379. The summed E-state index contributed by atoms with van der Waals surface area (Å²) in [4.78, 5) is 40.7. The summed E-state index contributed by atoms with van der Waals surface area (Å²) in [7, 11) is 1.59. The number of esters is 1. The molecule has 1 atom stereocenters. The minimum absolute atomic E-state index is 0.0411. The van der Waals surface area contributed by atoms with Crippen LogP contribution in [0.4, 0.5) is 5.69 Å². The van der Waals surface area contributed by atoms with Crippen LogP contribution in [0.15, 0.2) is 24.3 Å². The van der Waals surface area contributed by atoms with Crippen molar-refractivity contribution >= 4 is 23.5 Å². The lowest BCUT2D eigenvalue weighted by Crippen LogP contribution is -2.40. The van der Waals surface area contributed by atoms with E-state index in [1.807, 2.05) is 12.1 Å². The van der Waals surface area contributed by atoms with Crippen LogP contribution in [0, 0.1) is 11.8 Å². The maximum Gasteiger partial charge on any atom is 0.307 e. The predicted molar refractivity (Wildman–Crippen MR) is 104 cm³/mol. The lowest BCUT2D eigenvalue weighted by Gasteiger charge is -2.25. The molecular weight excluding hydrogens is 360 g/mol. The molecule has 7 nitrogen and oxygen atoms in total. The van der Waals surface area contributed by atoms with Crippen molar-refractivity contribution in [3.63, 3.8) is 0 Å². The highest BCUT2D eigenvalue weighted by atomic mass is 16.5. The van der Waals surface area contributed by atoms with Gasteiger partial charge in [-0.2, -0.15) is 0 Å². The van der Waals surface area contributed by atoms with Gasteiger partial charge in [0.25, 0.3) is 0 Å². The Labute approximate surface area is 165 Å². The molecule has 2 fully saturated rings. The standard InChI is InChI=1S/C21H28N2O5/c1-3-28-20(25)10-11-22(13-15-4-5-15)21(26)16-12-19(24)23(14-16)17-6-8-18(27-2)9-7-17/h6-9,15-16H,3-5,10-14H2,1-2H3/t16-/m0/s1. The highest BCUT2D eigenvalue weighted by Gasteiger charge is 2.38. The molecule has 1 saturated carbocycles. The zero-order valence-corrected chi connectivity index (χ0v) is 16.6. The molecule has 1 aliphatic heterocycles. The SMILES string of the molecule is CCOC(=O)CCN(CC1CC1)C(=O)[C@H]1CC(=O)N(c2ccc(OC)cc2)C1. The van der Waals surface area contributed by atoms with E-state index in [1.165, 1.54) is 0 Å². The van der Waals surface area contributed by atoms with E-state index >= 15 is 0 Å². The molecule has 3 rings (SSSR count). The molecule has 1 aromatic rings. The fraction of sp³-hybridized carbons (Fsp3) is 0.571. The normalized spacial score (nSPS) is 18.9. The second-order valence-corrected chi connectivity index (χ2v) is 7.39. The number of hydrogen-bond donors (Lipinski definition) is 0. The first kappa shape index (κ1) is 20.2. The second kappa shape index (κ2) is 9.08. The second-order valence-electron chi connectivity index (χ2n) is 7.39. The van der Waals surface area contributed by atoms with Crippen molar-refractivity contribution < 1.29 is 23.9 Å². The Balaban J connectivity index is 1.63. The van der Waals surface area contributed by atoms with Gasteiger partial charge in [0, 0.05) is 31.7 Å². The molecule has 0 radical (unpaired) electrons. The van der Waals surface area contributed by atoms with Gasteiger partial charge in [-0.15, -0.1) is 0 Å². The van der Waals surface area contributed by atoms with Gasteiger partial charge in [0.2, 0.25) is 11.8 Å². The minimum Gasteiger partial charge on any atom is -0.497 e. The molecule has 0 aromatic heterocycles. The van der Waals surface area contributed by atoms with Crippen molar-refractivity contribution in [1.29, 1.82) is 0 Å². The van der Waals surface area contributed by atoms with Crippen LogP contribution in [0.25, 0.3) is 0 Å². The molecule has 2 aliphatic rings. The van der Waals surface area contributed by atoms with Crippen molar-refractivity contribution in [3.05, 3.63) is 24.3 Å². The molecule has 1 aliphatic carbocycles. The number of nitrogens with zero attached hydrogens (tertiary/aromatic N) is 2. The maximum atomic E-state index is 13.1. The van der Waals surface area contributed by atoms with Crippen LogP contribution in [0.3, 0.4) is 0 Å². The Morgan fingerprint density at radius 3 is 2.54 bits per heavy atom. The van der Waals surface area contributed by atoms with Gasteiger partial charge in [-0.05, 0) is 49.9 Å². The molecule has 0 N–H and O–H groups in total. The fourth-order valence-corrected chi connectivity index (χ4v) is 3.51. The molecule has 0 unspecified atom stereocenters. The van der Waals surface area contributed by atoms with Crippen molar-refractivity contribution in [2.45, 2.75) is 32.6 Å². The van der Waals surface area contributed by atoms with E-state index in [4.69, 9.17) is 9.47 Å². The third-order valence-electron chi connectivity index (χ3n) is 5.24. The fourth-order valence-electron chi connectivity index (χ4n) is 3.51. The van der Waals surface area contributed by atoms with Gasteiger partial charge in [-0.25, -0.2) is 0 Å². The number of benzene rings is 1. The van der Waals surface area contributed by atoms with E-state index in [1.54, 1.807) is 36.0 Å². The summed E-state index contributed by atoms with van der Waals surface area (Å²) in [5.74, 6) is 0.466. The zero-order valence-electron chi connectivity index (χ0n) is 16.6. The molecule has 1 heterocycles. The van der Waals surface area contributed by atoms with Gasteiger partial charge in [-0.1, -0.05) is 0 Å². The van der Waals surface area contributed by atoms with E-state index in [9.17, 15) is 14.4 Å². The average molecular weight is 388 g/mol. The number of ether oxygens (including phenoxy) is 2. The van der Waals surface area contributed by atoms with Crippen LogP contribution in [0.5, 0.6) is 5.75 Å². The Morgan fingerprint density at radius 1 is 1.21 bits per heavy atom. The van der Waals surface area contributed by atoms with Crippen LogP contribution in [0.2, 0.25) is 0 Å². The van der Waals surface area contributed by atoms with Crippen LogP contribution < -0.4 is 9.64 Å². The zero-order chi connectivity index (χ0) is 20.1. The quantitative estimate of drug-likeness (QED) is 0.607. The third kappa shape index (κ3) is 5.03. The van der Waals surface area contributed by atoms with Crippen molar-refractivity contribution in [1.82, 2.24) is 4.90 Å². The number of carbonyl (C=O) groups is 3. The van der Waals surface area contributed by atoms with Crippen LogP contribution in [-0.2, 0) is 19.1 Å². The summed E-state index contributed by atoms with van der Waals surface area (Å²) >= 11 is 0. The molecule has 0 spiro atoms. The molecule has 152 valence electrons. The van der Waals surface area contributed by atoms with E-state index in [0.29, 0.717) is 32.2 Å². The number of rotatable bonds is 9. The molecule has 28 heavy (non-hydrogen) atoms. The summed E-state index contributed by atoms with van der Waals surface area (Å²) in [5, 5.41) is 0. The van der Waals surface area contributed by atoms with Gasteiger partial charge in [0.15, 0.2) is 0 Å². The van der Waals surface area contributed by atoms with E-state index in [2.05, 4.69) is 0 Å². The highest BCUT2D eigenvalue weighted by Crippen LogP contribution is 2.32. The van der Waals surface area contributed by atoms with E-state index in [-0.39, 0.29) is 36.5 Å². The predicted octanol–water partition coefficient (Wildman–Crippen LogP) is 2.24. The van der Waals surface area contributed by atoms with Gasteiger partial charge in [-0.3, -0.25) is 14.4 Å². The van der Waals surface area contributed by atoms with E-state index < -0.39 is 0 Å². The van der Waals surface area contributed by atoms with Gasteiger partial charge in [0.05, 0.1) is 26.1 Å². The first-order chi connectivity index (χ1) is 13.5. The molecular formula is C21H28N2O5. The van der Waals surface area contributed by atoms with Crippen LogP contribution in [-0.4, -0.2) is 56.0 Å². The maximum absolute atomic E-state index is 13.1. The largest absolute Gasteiger partial charge is 0.497 e. The van der Waals surface area contributed by atoms with Crippen molar-refractivity contribution in [2.75, 3.05) is 38.3 Å². The van der Waals surface area contributed by atoms with Crippen LogP contribution >= 0.6 is 0 Å². The third-order valence-corrected chi connectivity index (χ3v) is 5.24. The van der Waals surface area contributed by atoms with Gasteiger partial charge < -0.3 is 19.3 Å². The monoisotopic (exact) mass is 388 g/mol. The summed E-state index contributed by atoms with van der Waals surface area (Å²) in [5.41, 5.74) is 0.765. The molecule has 1 aromatic carbocycles. The summed E-state index contributed by atoms with van der Waals surface area (Å²) in [6.07, 6.45) is 2.62. The lowest BCUT2D eigenvalue weighted by atomic mass is 10.1. The lowest BCUT2D eigenvalue weighted by molar-refractivity contribution is -0.144. The number of hydrogen-bond acceptors (Lipinski definition) is 5. The Bertz CT molecular complexity index is 714. The molecule has 0 bridgehead atoms. The average Bonchev–Trinajstić information content (AvgIpc) is 3.44. The highest BCUT2D eigenvalue weighted by molar-refractivity contribution is 6.00. The summed E-state index contributed by atoms with van der Waals surface area (Å²) < 4.78 is 10.1. The Hall–Kier alpha value is -2.57. The summed E-state index contributed by atoms with van der Waals surface area (Å²) in [6, 6.07) is 7.26. The first-order valence-corrected chi connectivity index (χ1v) is 9.90. The number of carbonyl (C=O) groups excluding carboxylic acids is 3. The van der Waals surface area contributed by atoms with Crippen molar-refractivity contribution in [3.8, 4) is 5.75 Å². The van der Waals surface area contributed by atoms with Gasteiger partial charge in [0.1, 0.15) is 5.75 Å². The van der Waals surface area contributed by atoms with E-state index in [0.717, 1.165) is 24.3 Å². The topological polar surface area (TPSA) is 76.2 Å². The number of amides is 2. The van der Waals surface area contributed by atoms with Gasteiger partial charge >= 0.3 is 5.97 Å².